The molecule has 1 aromatic heterocycles. The van der Waals surface area contributed by atoms with Crippen LogP contribution >= 0.6 is 0 Å². The highest BCUT2D eigenvalue weighted by atomic mass is 14.9. The molecule has 10 aromatic carbocycles. The van der Waals surface area contributed by atoms with Crippen molar-refractivity contribution in [1.29, 1.82) is 0 Å². The predicted octanol–water partition coefficient (Wildman–Crippen LogP) is 15.5. The van der Waals surface area contributed by atoms with Crippen molar-refractivity contribution in [3.63, 3.8) is 0 Å². The van der Waals surface area contributed by atoms with Gasteiger partial charge in [-0.15, -0.1) is 0 Å². The second-order valence-corrected chi connectivity index (χ2v) is 16.4. The van der Waals surface area contributed by atoms with E-state index in [4.69, 9.17) is 9.97 Å². The van der Waals surface area contributed by atoms with E-state index < -0.39 is 5.41 Å². The van der Waals surface area contributed by atoms with Crippen molar-refractivity contribution in [3.05, 3.63) is 265 Å². The maximum atomic E-state index is 5.32. The molecule has 1 heterocycles. The average molecular weight is 801 g/mol. The third kappa shape index (κ3) is 5.95. The summed E-state index contributed by atoms with van der Waals surface area (Å²) in [6.45, 7) is 0. The van der Waals surface area contributed by atoms with Crippen LogP contribution in [0.1, 0.15) is 22.3 Å². The Morgan fingerprint density at radius 3 is 1.46 bits per heavy atom. The Bertz CT molecular complexity index is 3450. The lowest BCUT2D eigenvalue weighted by atomic mass is 9.66. The van der Waals surface area contributed by atoms with Gasteiger partial charge in [-0.3, -0.25) is 0 Å². The van der Waals surface area contributed by atoms with Crippen LogP contribution in [0.4, 0.5) is 0 Å². The third-order valence-corrected chi connectivity index (χ3v) is 13.0. The van der Waals surface area contributed by atoms with Gasteiger partial charge in [-0.05, 0) is 89.3 Å². The van der Waals surface area contributed by atoms with Crippen LogP contribution in [0.15, 0.2) is 243 Å². The second kappa shape index (κ2) is 15.1. The molecule has 2 heteroatoms. The quantitative estimate of drug-likeness (QED) is 0.160. The monoisotopic (exact) mass is 800 g/mol. The zero-order valence-corrected chi connectivity index (χ0v) is 34.5. The summed E-state index contributed by atoms with van der Waals surface area (Å²) in [4.78, 5) is 10.6. The molecular weight excluding hydrogens is 761 g/mol. The largest absolute Gasteiger partial charge is 0.228 e. The summed E-state index contributed by atoms with van der Waals surface area (Å²) in [6.07, 6.45) is 0. The Labute approximate surface area is 367 Å². The molecule has 0 N–H and O–H groups in total. The van der Waals surface area contributed by atoms with Crippen molar-refractivity contribution < 1.29 is 0 Å². The molecule has 294 valence electrons. The van der Waals surface area contributed by atoms with Crippen LogP contribution in [-0.4, -0.2) is 9.97 Å². The molecule has 2 nitrogen and oxygen atoms in total. The Morgan fingerprint density at radius 1 is 0.286 bits per heavy atom. The maximum absolute atomic E-state index is 5.32. The first-order chi connectivity index (χ1) is 31.3. The lowest BCUT2D eigenvalue weighted by Gasteiger charge is -2.35. The highest BCUT2D eigenvalue weighted by Crippen LogP contribution is 2.59. The van der Waals surface area contributed by atoms with E-state index in [2.05, 4.69) is 237 Å². The highest BCUT2D eigenvalue weighted by Gasteiger charge is 2.47. The van der Waals surface area contributed by atoms with Crippen LogP contribution in [-0.2, 0) is 5.41 Å². The fourth-order valence-corrected chi connectivity index (χ4v) is 10.2. The van der Waals surface area contributed by atoms with Gasteiger partial charge in [-0.1, -0.05) is 231 Å². The number of rotatable bonds is 7. The van der Waals surface area contributed by atoms with Gasteiger partial charge in [0.25, 0.3) is 0 Å². The van der Waals surface area contributed by atoms with Crippen LogP contribution in [0.25, 0.3) is 88.8 Å². The van der Waals surface area contributed by atoms with Gasteiger partial charge in [-0.25, -0.2) is 9.97 Å². The molecule has 0 saturated carbocycles. The predicted molar refractivity (Wildman–Crippen MR) is 262 cm³/mol. The van der Waals surface area contributed by atoms with Crippen molar-refractivity contribution in [2.45, 2.75) is 5.41 Å². The zero-order valence-electron chi connectivity index (χ0n) is 34.5. The number of fused-ring (bicyclic) bond motifs is 6. The first-order valence-electron chi connectivity index (χ1n) is 21.7. The van der Waals surface area contributed by atoms with E-state index in [1.54, 1.807) is 0 Å². The van der Waals surface area contributed by atoms with Crippen LogP contribution in [0.2, 0.25) is 0 Å². The van der Waals surface area contributed by atoms with Crippen LogP contribution < -0.4 is 0 Å². The minimum absolute atomic E-state index is 0.541. The molecule has 0 atom stereocenters. The third-order valence-electron chi connectivity index (χ3n) is 13.0. The van der Waals surface area contributed by atoms with Gasteiger partial charge >= 0.3 is 0 Å². The standard InChI is InChI=1S/C61H40N2/c1-5-19-41(20-6-1)47-28-15-18-32-53(47)57-40-58(63-60(62-57)43-22-7-2-8-23-43)54-38-37-48(50-30-16-17-31-51(50)54)44-34-35-52-55-36-33-42-21-13-14-29-49(42)59(55)61(56(52)39-44,45-24-9-3-10-25-45)46-26-11-4-12-27-46/h1-40H. The Hall–Kier alpha value is -8.20. The molecule has 0 unspecified atom stereocenters. The van der Waals surface area contributed by atoms with Gasteiger partial charge in [0.05, 0.1) is 16.8 Å². The summed E-state index contributed by atoms with van der Waals surface area (Å²) in [5.74, 6) is 0.697. The SMILES string of the molecule is c1ccc(-c2nc(-c3ccccc3-c3ccccc3)cc(-c3ccc(-c4ccc5c(c4)C(c4ccccc4)(c4ccccc4)c4c-5ccc5ccccc45)c4ccccc34)n2)cc1. The summed E-state index contributed by atoms with van der Waals surface area (Å²) in [5, 5.41) is 4.84. The molecule has 1 aliphatic carbocycles. The van der Waals surface area contributed by atoms with Crippen molar-refractivity contribution in [3.8, 4) is 67.3 Å². The van der Waals surface area contributed by atoms with Crippen molar-refractivity contribution in [2.75, 3.05) is 0 Å². The van der Waals surface area contributed by atoms with E-state index in [0.717, 1.165) is 44.6 Å². The van der Waals surface area contributed by atoms with E-state index in [1.165, 1.54) is 60.7 Å². The molecule has 0 radical (unpaired) electrons. The normalized spacial score (nSPS) is 12.6. The Morgan fingerprint density at radius 2 is 0.778 bits per heavy atom. The highest BCUT2D eigenvalue weighted by molar-refractivity contribution is 6.06. The molecular formula is C61H40N2. The average Bonchev–Trinajstić information content (AvgIpc) is 3.68. The van der Waals surface area contributed by atoms with Crippen LogP contribution in [0.3, 0.4) is 0 Å². The molecule has 63 heavy (non-hydrogen) atoms. The van der Waals surface area contributed by atoms with Gasteiger partial charge in [0.1, 0.15) is 0 Å². The van der Waals surface area contributed by atoms with Crippen LogP contribution in [0.5, 0.6) is 0 Å². The number of aromatic nitrogens is 2. The second-order valence-electron chi connectivity index (χ2n) is 16.4. The number of benzene rings is 10. The summed E-state index contributed by atoms with van der Waals surface area (Å²) in [5.41, 5.74) is 16.7. The molecule has 11 aromatic rings. The Kier molecular flexibility index (Phi) is 8.76. The summed E-state index contributed by atoms with van der Waals surface area (Å²) in [6, 6.07) is 87.8. The summed E-state index contributed by atoms with van der Waals surface area (Å²) < 4.78 is 0. The Balaban J connectivity index is 1.07. The van der Waals surface area contributed by atoms with E-state index in [0.29, 0.717) is 5.82 Å². The molecule has 0 spiro atoms. The summed E-state index contributed by atoms with van der Waals surface area (Å²) >= 11 is 0. The lowest BCUT2D eigenvalue weighted by molar-refractivity contribution is 0.776. The topological polar surface area (TPSA) is 25.8 Å². The minimum Gasteiger partial charge on any atom is -0.228 e. The maximum Gasteiger partial charge on any atom is 0.160 e. The summed E-state index contributed by atoms with van der Waals surface area (Å²) in [7, 11) is 0. The molecule has 12 rings (SSSR count). The smallest absolute Gasteiger partial charge is 0.160 e. The number of hydrogen-bond acceptors (Lipinski definition) is 2. The minimum atomic E-state index is -0.541. The molecule has 1 aliphatic rings. The number of hydrogen-bond donors (Lipinski definition) is 0. The van der Waals surface area contributed by atoms with Gasteiger partial charge in [0.2, 0.25) is 0 Å². The zero-order chi connectivity index (χ0) is 41.7. The van der Waals surface area contributed by atoms with E-state index in [9.17, 15) is 0 Å². The number of nitrogens with zero attached hydrogens (tertiary/aromatic N) is 2. The molecule has 0 saturated heterocycles. The molecule has 0 bridgehead atoms. The van der Waals surface area contributed by atoms with Gasteiger partial charge in [-0.2, -0.15) is 0 Å². The lowest BCUT2D eigenvalue weighted by Crippen LogP contribution is -2.28. The van der Waals surface area contributed by atoms with Crippen LogP contribution in [0, 0.1) is 0 Å². The molecule has 0 amide bonds. The van der Waals surface area contributed by atoms with Gasteiger partial charge in [0.15, 0.2) is 5.82 Å². The van der Waals surface area contributed by atoms with E-state index in [-0.39, 0.29) is 0 Å². The first-order valence-corrected chi connectivity index (χ1v) is 21.7. The first kappa shape index (κ1) is 36.6. The van der Waals surface area contributed by atoms with E-state index in [1.807, 2.05) is 6.07 Å². The van der Waals surface area contributed by atoms with Crippen molar-refractivity contribution in [2.24, 2.45) is 0 Å². The molecule has 0 aliphatic heterocycles. The van der Waals surface area contributed by atoms with Gasteiger partial charge < -0.3 is 0 Å². The molecule has 0 fully saturated rings. The van der Waals surface area contributed by atoms with Crippen molar-refractivity contribution in [1.82, 2.24) is 9.97 Å². The fraction of sp³-hybridized carbons (Fsp3) is 0.0164. The van der Waals surface area contributed by atoms with Gasteiger partial charge in [0, 0.05) is 16.7 Å². The van der Waals surface area contributed by atoms with E-state index >= 15 is 0 Å². The van der Waals surface area contributed by atoms with Crippen molar-refractivity contribution >= 4 is 21.5 Å². The fourth-order valence-electron chi connectivity index (χ4n) is 10.2.